The Hall–Kier alpha value is -2.49. The van der Waals surface area contributed by atoms with Gasteiger partial charge in [0.25, 0.3) is 5.91 Å². The van der Waals surface area contributed by atoms with E-state index in [2.05, 4.69) is 25.1 Å². The van der Waals surface area contributed by atoms with Crippen molar-refractivity contribution in [3.05, 3.63) is 59.2 Å². The van der Waals surface area contributed by atoms with Gasteiger partial charge in [-0.2, -0.15) is 0 Å². The average molecular weight is 297 g/mol. The smallest absolute Gasteiger partial charge is 0.257 e. The molecule has 0 bridgehead atoms. The molecule has 2 aromatic carbocycles. The van der Waals surface area contributed by atoms with E-state index in [1.54, 1.807) is 11.0 Å². The van der Waals surface area contributed by atoms with Crippen molar-refractivity contribution in [2.45, 2.75) is 19.3 Å². The summed E-state index contributed by atoms with van der Waals surface area (Å²) in [4.78, 5) is 14.3. The fraction of sp³-hybridized carbons (Fsp3) is 0.278. The minimum absolute atomic E-state index is 0.157. The Morgan fingerprint density at radius 3 is 2.73 bits per heavy atom. The molecule has 1 aliphatic rings. The summed E-state index contributed by atoms with van der Waals surface area (Å²) in [6.07, 6.45) is 0.911. The minimum Gasteiger partial charge on any atom is -0.504 e. The van der Waals surface area contributed by atoms with Gasteiger partial charge in [0, 0.05) is 19.0 Å². The molecule has 1 saturated heterocycles. The van der Waals surface area contributed by atoms with Crippen LogP contribution >= 0.6 is 0 Å². The summed E-state index contributed by atoms with van der Waals surface area (Å²) in [7, 11) is 0. The number of phenols is 2. The number of aryl methyl sites for hydroxylation is 1. The highest BCUT2D eigenvalue weighted by Crippen LogP contribution is 2.32. The van der Waals surface area contributed by atoms with Crippen molar-refractivity contribution in [1.29, 1.82) is 0 Å². The second-order valence-corrected chi connectivity index (χ2v) is 5.82. The fourth-order valence-corrected chi connectivity index (χ4v) is 3.02. The number of aromatic hydroxyl groups is 2. The lowest BCUT2D eigenvalue weighted by Gasteiger charge is -2.18. The van der Waals surface area contributed by atoms with E-state index in [1.807, 2.05) is 6.07 Å². The quantitative estimate of drug-likeness (QED) is 0.838. The van der Waals surface area contributed by atoms with Gasteiger partial charge in [-0.1, -0.05) is 35.9 Å². The number of amides is 1. The van der Waals surface area contributed by atoms with Gasteiger partial charge in [0.15, 0.2) is 11.5 Å². The van der Waals surface area contributed by atoms with Crippen LogP contribution in [0.2, 0.25) is 0 Å². The number of likely N-dealkylation sites (tertiary alicyclic amines) is 1. The molecule has 1 amide bonds. The highest BCUT2D eigenvalue weighted by Gasteiger charge is 2.29. The minimum atomic E-state index is -0.341. The summed E-state index contributed by atoms with van der Waals surface area (Å²) in [5.74, 6) is -0.515. The second kappa shape index (κ2) is 5.72. The number of hydrogen-bond donors (Lipinski definition) is 2. The SMILES string of the molecule is Cc1cccc([C@@H]2CCN(C(=O)c3cccc(O)c3O)C2)c1. The molecular formula is C18H19NO3. The number of nitrogens with zero attached hydrogens (tertiary/aromatic N) is 1. The number of para-hydroxylation sites is 1. The predicted molar refractivity (Wildman–Crippen MR) is 84.2 cm³/mol. The highest BCUT2D eigenvalue weighted by atomic mass is 16.3. The number of phenolic OH excluding ortho intramolecular Hbond substituents is 2. The molecule has 1 aliphatic heterocycles. The average Bonchev–Trinajstić information content (AvgIpc) is 2.99. The largest absolute Gasteiger partial charge is 0.504 e. The lowest BCUT2D eigenvalue weighted by atomic mass is 9.97. The van der Waals surface area contributed by atoms with Crippen molar-refractivity contribution >= 4 is 5.91 Å². The molecule has 4 nitrogen and oxygen atoms in total. The molecule has 0 aromatic heterocycles. The molecule has 0 radical (unpaired) electrons. The summed E-state index contributed by atoms with van der Waals surface area (Å²) in [5.41, 5.74) is 2.62. The van der Waals surface area contributed by atoms with Crippen LogP contribution in [0.15, 0.2) is 42.5 Å². The summed E-state index contributed by atoms with van der Waals surface area (Å²) >= 11 is 0. The van der Waals surface area contributed by atoms with Crippen molar-refractivity contribution in [3.8, 4) is 11.5 Å². The van der Waals surface area contributed by atoms with Crippen LogP contribution in [-0.4, -0.2) is 34.1 Å². The third-order valence-electron chi connectivity index (χ3n) is 4.23. The van der Waals surface area contributed by atoms with Gasteiger partial charge in [0.1, 0.15) is 0 Å². The maximum Gasteiger partial charge on any atom is 0.257 e. The molecule has 0 saturated carbocycles. The van der Waals surface area contributed by atoms with Crippen LogP contribution in [0, 0.1) is 6.92 Å². The van der Waals surface area contributed by atoms with E-state index in [9.17, 15) is 15.0 Å². The van der Waals surface area contributed by atoms with E-state index in [0.717, 1.165) is 6.42 Å². The maximum atomic E-state index is 12.5. The first kappa shape index (κ1) is 14.4. The zero-order valence-electron chi connectivity index (χ0n) is 12.5. The van der Waals surface area contributed by atoms with Gasteiger partial charge in [0.05, 0.1) is 5.56 Å². The third-order valence-corrected chi connectivity index (χ3v) is 4.23. The zero-order valence-corrected chi connectivity index (χ0v) is 12.5. The van der Waals surface area contributed by atoms with Crippen LogP contribution in [0.25, 0.3) is 0 Å². The maximum absolute atomic E-state index is 12.5. The van der Waals surface area contributed by atoms with Crippen molar-refractivity contribution in [2.75, 3.05) is 13.1 Å². The van der Waals surface area contributed by atoms with Gasteiger partial charge >= 0.3 is 0 Å². The normalized spacial score (nSPS) is 17.7. The van der Waals surface area contributed by atoms with Crippen molar-refractivity contribution < 1.29 is 15.0 Å². The molecule has 1 atom stereocenters. The van der Waals surface area contributed by atoms with Crippen LogP contribution in [0.3, 0.4) is 0 Å². The Kier molecular flexibility index (Phi) is 3.75. The molecule has 0 aliphatic carbocycles. The first-order valence-electron chi connectivity index (χ1n) is 7.43. The Balaban J connectivity index is 1.78. The Morgan fingerprint density at radius 2 is 1.95 bits per heavy atom. The second-order valence-electron chi connectivity index (χ2n) is 5.82. The lowest BCUT2D eigenvalue weighted by molar-refractivity contribution is 0.0787. The Labute approximate surface area is 129 Å². The van der Waals surface area contributed by atoms with Crippen molar-refractivity contribution in [3.63, 3.8) is 0 Å². The van der Waals surface area contributed by atoms with Gasteiger partial charge in [-0.15, -0.1) is 0 Å². The van der Waals surface area contributed by atoms with E-state index in [4.69, 9.17) is 0 Å². The number of carbonyl (C=O) groups is 1. The summed E-state index contributed by atoms with van der Waals surface area (Å²) in [6, 6.07) is 12.8. The molecule has 3 rings (SSSR count). The zero-order chi connectivity index (χ0) is 15.7. The van der Waals surface area contributed by atoms with E-state index in [1.165, 1.54) is 23.3 Å². The van der Waals surface area contributed by atoms with Crippen LogP contribution < -0.4 is 0 Å². The van der Waals surface area contributed by atoms with Crippen LogP contribution in [0.5, 0.6) is 11.5 Å². The first-order chi connectivity index (χ1) is 10.6. The summed E-state index contributed by atoms with van der Waals surface area (Å²) in [5, 5.41) is 19.4. The standard InChI is InChI=1S/C18H19NO3/c1-12-4-2-5-13(10-12)14-8-9-19(11-14)18(22)15-6-3-7-16(20)17(15)21/h2-7,10,14,20-21H,8-9,11H2,1H3/t14-/m1/s1. The van der Waals surface area contributed by atoms with Gasteiger partial charge in [-0.05, 0) is 31.0 Å². The Morgan fingerprint density at radius 1 is 1.18 bits per heavy atom. The van der Waals surface area contributed by atoms with E-state index < -0.39 is 0 Å². The monoisotopic (exact) mass is 297 g/mol. The summed E-state index contributed by atoms with van der Waals surface area (Å²) < 4.78 is 0. The summed E-state index contributed by atoms with van der Waals surface area (Å²) in [6.45, 7) is 3.36. The number of hydrogen-bond acceptors (Lipinski definition) is 3. The van der Waals surface area contributed by atoms with E-state index in [-0.39, 0.29) is 23.0 Å². The highest BCUT2D eigenvalue weighted by molar-refractivity contribution is 5.97. The Bertz CT molecular complexity index is 711. The third kappa shape index (κ3) is 2.64. The van der Waals surface area contributed by atoms with Gasteiger partial charge in [0.2, 0.25) is 0 Å². The molecule has 2 N–H and O–H groups in total. The fourth-order valence-electron chi connectivity index (χ4n) is 3.02. The molecule has 2 aromatic rings. The number of carbonyl (C=O) groups excluding carboxylic acids is 1. The van der Waals surface area contributed by atoms with E-state index in [0.29, 0.717) is 19.0 Å². The first-order valence-corrected chi connectivity index (χ1v) is 7.43. The number of benzene rings is 2. The van der Waals surface area contributed by atoms with Gasteiger partial charge < -0.3 is 15.1 Å². The molecule has 1 heterocycles. The topological polar surface area (TPSA) is 60.8 Å². The molecule has 114 valence electrons. The lowest BCUT2D eigenvalue weighted by Crippen LogP contribution is -2.28. The van der Waals surface area contributed by atoms with Crippen molar-refractivity contribution in [1.82, 2.24) is 4.90 Å². The number of rotatable bonds is 2. The van der Waals surface area contributed by atoms with Crippen LogP contribution in [0.1, 0.15) is 33.8 Å². The van der Waals surface area contributed by atoms with Gasteiger partial charge in [-0.3, -0.25) is 4.79 Å². The molecule has 1 fully saturated rings. The van der Waals surface area contributed by atoms with Crippen LogP contribution in [0.4, 0.5) is 0 Å². The molecular weight excluding hydrogens is 278 g/mol. The molecule has 4 heteroatoms. The van der Waals surface area contributed by atoms with E-state index >= 15 is 0 Å². The molecule has 22 heavy (non-hydrogen) atoms. The molecule has 0 unspecified atom stereocenters. The van der Waals surface area contributed by atoms with Crippen LogP contribution in [-0.2, 0) is 0 Å². The molecule has 0 spiro atoms. The van der Waals surface area contributed by atoms with Gasteiger partial charge in [-0.25, -0.2) is 0 Å². The predicted octanol–water partition coefficient (Wildman–Crippen LogP) is 3.04. The van der Waals surface area contributed by atoms with Crippen molar-refractivity contribution in [2.24, 2.45) is 0 Å².